The number of nitrogens with one attached hydrogen (secondary N) is 1. The zero-order valence-corrected chi connectivity index (χ0v) is 19.2. The predicted octanol–water partition coefficient (Wildman–Crippen LogP) is 1.75. The van der Waals surface area contributed by atoms with Crippen LogP contribution in [0.1, 0.15) is 15.9 Å². The van der Waals surface area contributed by atoms with E-state index in [2.05, 4.69) is 9.38 Å². The molecule has 1 N–H and O–H groups in total. The standard InChI is InChI=1S/C23H25N5O4S/c1-26(2)33(31,32)25-22(17-8-4-3-5-9-17)27-12-14-28(15-13-27)23(30)21(29)19-16-24-20-11-7-6-10-18(19)20/h3-11,16,24H,12-15H2,1-2H3/b25-22+. The topological polar surface area (TPSA) is 106 Å². The molecule has 1 amide bonds. The van der Waals surface area contributed by atoms with E-state index >= 15 is 0 Å². The molecule has 1 saturated heterocycles. The number of carbonyl (C=O) groups excluding carboxylic acids is 2. The van der Waals surface area contributed by atoms with Gasteiger partial charge in [-0.1, -0.05) is 48.5 Å². The quantitative estimate of drug-likeness (QED) is 0.266. The summed E-state index contributed by atoms with van der Waals surface area (Å²) >= 11 is 0. The predicted molar refractivity (Wildman–Crippen MR) is 126 cm³/mol. The zero-order valence-electron chi connectivity index (χ0n) is 18.4. The highest BCUT2D eigenvalue weighted by Crippen LogP contribution is 2.20. The third-order valence-corrected chi connectivity index (χ3v) is 6.92. The fourth-order valence-electron chi connectivity index (χ4n) is 3.71. The third kappa shape index (κ3) is 4.67. The molecule has 0 radical (unpaired) electrons. The normalized spacial score (nSPS) is 15.3. The second kappa shape index (κ2) is 9.16. The fraction of sp³-hybridized carbons (Fsp3) is 0.261. The molecule has 0 saturated carbocycles. The lowest BCUT2D eigenvalue weighted by molar-refractivity contribution is -0.127. The SMILES string of the molecule is CN(C)S(=O)(=O)/N=C(\c1ccccc1)N1CCN(C(=O)C(=O)c2c[nH]c3ccccc23)CC1. The number of H-pyrrole nitrogens is 1. The van der Waals surface area contributed by atoms with Crippen molar-refractivity contribution in [3.8, 4) is 0 Å². The summed E-state index contributed by atoms with van der Waals surface area (Å²) in [6.07, 6.45) is 1.56. The highest BCUT2D eigenvalue weighted by molar-refractivity contribution is 7.87. The van der Waals surface area contributed by atoms with Gasteiger partial charge in [0.2, 0.25) is 0 Å². The van der Waals surface area contributed by atoms with Crippen molar-refractivity contribution >= 4 is 38.6 Å². The van der Waals surface area contributed by atoms with Crippen LogP contribution >= 0.6 is 0 Å². The maximum absolute atomic E-state index is 12.9. The molecule has 33 heavy (non-hydrogen) atoms. The van der Waals surface area contributed by atoms with Gasteiger partial charge in [0.25, 0.3) is 11.7 Å². The van der Waals surface area contributed by atoms with Gasteiger partial charge in [0.05, 0.1) is 5.56 Å². The average molecular weight is 468 g/mol. The Morgan fingerprint density at radius 1 is 0.909 bits per heavy atom. The molecule has 1 aliphatic rings. The molecule has 2 heterocycles. The Hall–Kier alpha value is -3.50. The van der Waals surface area contributed by atoms with Gasteiger partial charge in [-0.25, -0.2) is 0 Å². The van der Waals surface area contributed by atoms with Crippen LogP contribution in [0.3, 0.4) is 0 Å². The van der Waals surface area contributed by atoms with Crippen LogP contribution in [-0.2, 0) is 15.0 Å². The molecule has 2 aromatic carbocycles. The summed E-state index contributed by atoms with van der Waals surface area (Å²) in [5.74, 6) is -0.814. The molecule has 0 bridgehead atoms. The Morgan fingerprint density at radius 3 is 2.18 bits per heavy atom. The minimum absolute atomic E-state index is 0.279. The van der Waals surface area contributed by atoms with Crippen molar-refractivity contribution in [2.45, 2.75) is 0 Å². The highest BCUT2D eigenvalue weighted by atomic mass is 32.2. The van der Waals surface area contributed by atoms with E-state index in [-0.39, 0.29) is 13.1 Å². The van der Waals surface area contributed by atoms with Crippen LogP contribution in [0.25, 0.3) is 10.9 Å². The molecular weight excluding hydrogens is 442 g/mol. The molecular formula is C23H25N5O4S. The van der Waals surface area contributed by atoms with Gasteiger partial charge >= 0.3 is 10.2 Å². The minimum atomic E-state index is -3.85. The number of nitrogens with zero attached hydrogens (tertiary/aromatic N) is 4. The van der Waals surface area contributed by atoms with Gasteiger partial charge in [0.1, 0.15) is 5.84 Å². The van der Waals surface area contributed by atoms with Gasteiger partial charge in [-0.2, -0.15) is 12.7 Å². The first-order chi connectivity index (χ1) is 15.8. The Labute approximate surface area is 192 Å². The number of amides is 1. The zero-order chi connectivity index (χ0) is 23.6. The molecule has 9 nitrogen and oxygen atoms in total. The van der Waals surface area contributed by atoms with Gasteiger partial charge in [0, 0.05) is 62.9 Å². The molecule has 172 valence electrons. The van der Waals surface area contributed by atoms with Crippen molar-refractivity contribution in [2.75, 3.05) is 40.3 Å². The summed E-state index contributed by atoms with van der Waals surface area (Å²) in [5, 5.41) is 0.710. The summed E-state index contributed by atoms with van der Waals surface area (Å²) in [6.45, 7) is 1.26. The molecule has 0 atom stereocenters. The Kier molecular flexibility index (Phi) is 6.30. The van der Waals surface area contributed by atoms with Crippen LogP contribution in [0.15, 0.2) is 65.2 Å². The number of piperazine rings is 1. The van der Waals surface area contributed by atoms with Gasteiger partial charge in [-0.05, 0) is 6.07 Å². The van der Waals surface area contributed by atoms with E-state index < -0.39 is 21.9 Å². The number of carbonyl (C=O) groups is 2. The number of amidine groups is 1. The van der Waals surface area contributed by atoms with E-state index in [1.807, 2.05) is 41.3 Å². The molecule has 1 aromatic heterocycles. The summed E-state index contributed by atoms with van der Waals surface area (Å²) in [7, 11) is -0.997. The van der Waals surface area contributed by atoms with Gasteiger partial charge in [-0.15, -0.1) is 4.40 Å². The number of benzene rings is 2. The number of ketones is 1. The highest BCUT2D eigenvalue weighted by Gasteiger charge is 2.30. The minimum Gasteiger partial charge on any atom is -0.360 e. The first-order valence-corrected chi connectivity index (χ1v) is 11.9. The summed E-state index contributed by atoms with van der Waals surface area (Å²) in [4.78, 5) is 32.2. The summed E-state index contributed by atoms with van der Waals surface area (Å²) in [6, 6.07) is 16.4. The Balaban J connectivity index is 1.52. The van der Waals surface area contributed by atoms with Gasteiger partial charge < -0.3 is 14.8 Å². The molecule has 3 aromatic rings. The number of para-hydroxylation sites is 1. The van der Waals surface area contributed by atoms with Crippen molar-refractivity contribution in [3.05, 3.63) is 71.9 Å². The van der Waals surface area contributed by atoms with Crippen LogP contribution in [0.2, 0.25) is 0 Å². The van der Waals surface area contributed by atoms with Gasteiger partial charge in [0.15, 0.2) is 0 Å². The lowest BCUT2D eigenvalue weighted by Gasteiger charge is -2.36. The smallest absolute Gasteiger partial charge is 0.323 e. The van der Waals surface area contributed by atoms with Crippen LogP contribution in [0.5, 0.6) is 0 Å². The van der Waals surface area contributed by atoms with Crippen molar-refractivity contribution in [1.29, 1.82) is 0 Å². The maximum Gasteiger partial charge on any atom is 0.323 e. The lowest BCUT2D eigenvalue weighted by Crippen LogP contribution is -2.52. The molecule has 0 spiro atoms. The number of fused-ring (bicyclic) bond motifs is 1. The molecule has 4 rings (SSSR count). The Bertz CT molecular complexity index is 1310. The second-order valence-electron chi connectivity index (χ2n) is 7.90. The van der Waals surface area contributed by atoms with E-state index in [1.165, 1.54) is 19.0 Å². The van der Waals surface area contributed by atoms with Gasteiger partial charge in [-0.3, -0.25) is 9.59 Å². The maximum atomic E-state index is 12.9. The number of hydrogen-bond donors (Lipinski definition) is 1. The molecule has 10 heteroatoms. The second-order valence-corrected chi connectivity index (χ2v) is 9.71. The van der Waals surface area contributed by atoms with Crippen molar-refractivity contribution in [1.82, 2.24) is 19.1 Å². The summed E-state index contributed by atoms with van der Waals surface area (Å²) < 4.78 is 30.0. The molecule has 1 aliphatic heterocycles. The number of rotatable bonds is 5. The largest absolute Gasteiger partial charge is 0.360 e. The third-order valence-electron chi connectivity index (χ3n) is 5.59. The number of Topliss-reactive ketones (excluding diaryl/α,β-unsaturated/α-hetero) is 1. The number of aromatic amines is 1. The van der Waals surface area contributed by atoms with Crippen LogP contribution in [0, 0.1) is 0 Å². The number of aromatic nitrogens is 1. The molecule has 1 fully saturated rings. The summed E-state index contributed by atoms with van der Waals surface area (Å²) in [5.41, 5.74) is 1.81. The van der Waals surface area contributed by atoms with Crippen LogP contribution in [0.4, 0.5) is 0 Å². The molecule has 0 unspecified atom stereocenters. The van der Waals surface area contributed by atoms with E-state index in [4.69, 9.17) is 0 Å². The molecule has 0 aliphatic carbocycles. The monoisotopic (exact) mass is 467 g/mol. The van der Waals surface area contributed by atoms with Crippen molar-refractivity contribution in [3.63, 3.8) is 0 Å². The first-order valence-electron chi connectivity index (χ1n) is 10.5. The van der Waals surface area contributed by atoms with Crippen LogP contribution < -0.4 is 0 Å². The van der Waals surface area contributed by atoms with E-state index in [0.717, 1.165) is 9.82 Å². The average Bonchev–Trinajstić information content (AvgIpc) is 3.26. The van der Waals surface area contributed by atoms with E-state index in [0.29, 0.717) is 35.4 Å². The first kappa shape index (κ1) is 22.7. The van der Waals surface area contributed by atoms with Crippen molar-refractivity contribution < 1.29 is 18.0 Å². The van der Waals surface area contributed by atoms with E-state index in [1.54, 1.807) is 24.4 Å². The van der Waals surface area contributed by atoms with E-state index in [9.17, 15) is 18.0 Å². The fourth-order valence-corrected chi connectivity index (χ4v) is 4.31. The lowest BCUT2D eigenvalue weighted by atomic mass is 10.1. The number of hydrogen-bond acceptors (Lipinski definition) is 4. The van der Waals surface area contributed by atoms with Crippen molar-refractivity contribution in [2.24, 2.45) is 4.40 Å². The Morgan fingerprint density at radius 2 is 1.52 bits per heavy atom. The van der Waals surface area contributed by atoms with Crippen LogP contribution in [-0.4, -0.2) is 85.3 Å².